The molecule has 17 heteroatoms. The molecule has 0 spiro atoms. The van der Waals surface area contributed by atoms with E-state index in [9.17, 15) is 28.8 Å². The number of carbonyl (C=O) groups is 4. The van der Waals surface area contributed by atoms with Crippen molar-refractivity contribution in [3.05, 3.63) is 103 Å². The highest BCUT2D eigenvalue weighted by Gasteiger charge is 2.30. The molecule has 0 saturated carbocycles. The molecule has 1 aromatic carbocycles. The van der Waals surface area contributed by atoms with E-state index < -0.39 is 34.7 Å². The Balaban J connectivity index is 1.25. The maximum absolute atomic E-state index is 13.5. The molecule has 0 radical (unpaired) electrons. The zero-order valence-corrected chi connectivity index (χ0v) is 28.2. The first-order valence-electron chi connectivity index (χ1n) is 14.3. The van der Waals surface area contributed by atoms with Crippen LogP contribution in [0.3, 0.4) is 0 Å². The number of nitrogens with zero attached hydrogens (tertiary/aromatic N) is 4. The summed E-state index contributed by atoms with van der Waals surface area (Å²) < 4.78 is 2.63. The third-order valence-electron chi connectivity index (χ3n) is 7.18. The van der Waals surface area contributed by atoms with E-state index >= 15 is 0 Å². The van der Waals surface area contributed by atoms with Gasteiger partial charge in [0.25, 0.3) is 34.7 Å². The van der Waals surface area contributed by atoms with Crippen molar-refractivity contribution < 1.29 is 24.0 Å². The van der Waals surface area contributed by atoms with E-state index in [-0.39, 0.29) is 42.2 Å². The van der Waals surface area contributed by atoms with Crippen molar-refractivity contribution in [2.24, 2.45) is 7.05 Å². The van der Waals surface area contributed by atoms with Gasteiger partial charge in [-0.25, -0.2) is 0 Å². The van der Waals surface area contributed by atoms with Crippen LogP contribution in [0.2, 0.25) is 0 Å². The van der Waals surface area contributed by atoms with Gasteiger partial charge in [0.1, 0.15) is 37.8 Å². The fourth-order valence-corrected chi connectivity index (χ4v) is 7.10. The number of carbonyl (C=O) groups excluding carboxylic acids is 4. The number of thiocarbonyl (C=S) groups is 2. The van der Waals surface area contributed by atoms with Gasteiger partial charge in [0.15, 0.2) is 0 Å². The van der Waals surface area contributed by atoms with Crippen LogP contribution < -0.4 is 26.6 Å². The second kappa shape index (κ2) is 15.1. The molecule has 2 aliphatic heterocycles. The molecule has 2 aliphatic rings. The summed E-state index contributed by atoms with van der Waals surface area (Å²) in [5.41, 5.74) is -1.19. The monoisotopic (exact) mass is 712 g/mol. The molecule has 0 atom stereocenters. The Kier molecular flexibility index (Phi) is 10.9. The molecule has 4 amide bonds. The largest absolute Gasteiger partial charge is 0.405 e. The SMILES string of the molecule is Cn1c(C(=O)NCCNC(=O)c2ccc(C(=O)N3CCSC3=S)c(=O)n2OCc2ccccc2)ccc(C(=O)N2CCSC2=S)c1=O. The molecule has 2 aromatic heterocycles. The van der Waals surface area contributed by atoms with Crippen LogP contribution in [0, 0.1) is 0 Å². The number of benzene rings is 1. The maximum atomic E-state index is 13.5. The van der Waals surface area contributed by atoms with E-state index in [0.717, 1.165) is 14.9 Å². The summed E-state index contributed by atoms with van der Waals surface area (Å²) in [4.78, 5) is 86.8. The van der Waals surface area contributed by atoms with E-state index in [4.69, 9.17) is 29.3 Å². The van der Waals surface area contributed by atoms with E-state index in [1.54, 1.807) is 24.3 Å². The molecule has 0 unspecified atom stereocenters. The van der Waals surface area contributed by atoms with Crippen LogP contribution in [0.1, 0.15) is 47.3 Å². The average molecular weight is 713 g/mol. The first-order valence-corrected chi connectivity index (χ1v) is 17.0. The topological polar surface area (TPSA) is 152 Å². The number of thioether (sulfide) groups is 2. The van der Waals surface area contributed by atoms with Gasteiger partial charge < -0.3 is 20.0 Å². The number of hydrogen-bond acceptors (Lipinski definition) is 11. The van der Waals surface area contributed by atoms with Gasteiger partial charge in [0.05, 0.1) is 0 Å². The van der Waals surface area contributed by atoms with Gasteiger partial charge in [-0.15, -0.1) is 4.73 Å². The highest BCUT2D eigenvalue weighted by molar-refractivity contribution is 8.23. The van der Waals surface area contributed by atoms with Gasteiger partial charge in [-0.3, -0.25) is 38.6 Å². The van der Waals surface area contributed by atoms with Crippen molar-refractivity contribution in [3.8, 4) is 0 Å². The quantitative estimate of drug-likeness (QED) is 0.231. The first kappa shape index (κ1) is 34.0. The van der Waals surface area contributed by atoms with E-state index in [0.29, 0.717) is 33.2 Å². The lowest BCUT2D eigenvalue weighted by atomic mass is 10.2. The molecule has 0 bridgehead atoms. The molecular formula is C30H28N6O7S4. The Morgan fingerprint density at radius 2 is 1.26 bits per heavy atom. The number of nitrogens with one attached hydrogen (secondary N) is 2. The number of aromatic nitrogens is 2. The summed E-state index contributed by atoms with van der Waals surface area (Å²) in [5, 5.41) is 5.24. The molecule has 47 heavy (non-hydrogen) atoms. The molecule has 2 saturated heterocycles. The smallest absolute Gasteiger partial charge is 0.296 e. The van der Waals surface area contributed by atoms with Crippen LogP contribution in [0.4, 0.5) is 0 Å². The summed E-state index contributed by atoms with van der Waals surface area (Å²) in [6, 6.07) is 14.2. The Bertz CT molecular complexity index is 1900. The van der Waals surface area contributed by atoms with Gasteiger partial charge in [-0.1, -0.05) is 78.3 Å². The minimum absolute atomic E-state index is 0.00976. The lowest BCUT2D eigenvalue weighted by molar-refractivity contribution is 0.0687. The average Bonchev–Trinajstić information content (AvgIpc) is 3.70. The zero-order valence-electron chi connectivity index (χ0n) is 24.9. The van der Waals surface area contributed by atoms with Gasteiger partial charge >= 0.3 is 0 Å². The predicted molar refractivity (Wildman–Crippen MR) is 186 cm³/mol. The lowest BCUT2D eigenvalue weighted by Gasteiger charge is -2.18. The Labute approximate surface area is 287 Å². The van der Waals surface area contributed by atoms with Crippen LogP contribution in [-0.4, -0.2) is 89.1 Å². The number of rotatable bonds is 10. The Hall–Kier alpha value is -4.32. The van der Waals surface area contributed by atoms with E-state index in [1.165, 1.54) is 64.6 Å². The van der Waals surface area contributed by atoms with Gasteiger partial charge in [-0.05, 0) is 29.8 Å². The van der Waals surface area contributed by atoms with Crippen LogP contribution in [0.15, 0.2) is 64.2 Å². The van der Waals surface area contributed by atoms with E-state index in [2.05, 4.69) is 10.6 Å². The summed E-state index contributed by atoms with van der Waals surface area (Å²) in [5.74, 6) is -1.12. The standard InChI is InChI=1S/C30H28N6O7S4/c1-33-21(9-7-19(25(33)39)26(40)34-13-15-46-29(34)44)23(37)31-11-12-32-24(38)22-10-8-20(27(41)35-14-16-47-30(35)45)28(42)36(22)43-17-18-5-3-2-4-6-18/h2-10H,11-17H2,1H3,(H,31,37)(H,32,38). The first-order chi connectivity index (χ1) is 22.6. The van der Waals surface area contributed by atoms with Crippen LogP contribution in [0.5, 0.6) is 0 Å². The summed E-state index contributed by atoms with van der Waals surface area (Å²) in [6.07, 6.45) is 0. The number of amides is 4. The molecule has 5 rings (SSSR count). The highest BCUT2D eigenvalue weighted by atomic mass is 32.2. The molecule has 2 fully saturated rings. The molecule has 0 aliphatic carbocycles. The van der Waals surface area contributed by atoms with Crippen molar-refractivity contribution in [3.63, 3.8) is 0 Å². The minimum atomic E-state index is -0.820. The van der Waals surface area contributed by atoms with Crippen molar-refractivity contribution in [2.45, 2.75) is 6.61 Å². The fourth-order valence-electron chi connectivity index (χ4n) is 4.70. The number of hydrogen-bond donors (Lipinski definition) is 2. The van der Waals surface area contributed by atoms with Gasteiger partial charge in [0, 0.05) is 44.7 Å². The number of pyridine rings is 2. The van der Waals surface area contributed by atoms with Crippen LogP contribution >= 0.6 is 48.0 Å². The minimum Gasteiger partial charge on any atom is -0.405 e. The lowest BCUT2D eigenvalue weighted by Crippen LogP contribution is -2.42. The molecule has 3 aromatic rings. The molecule has 2 N–H and O–H groups in total. The van der Waals surface area contributed by atoms with Crippen LogP contribution in [-0.2, 0) is 13.7 Å². The van der Waals surface area contributed by atoms with Crippen molar-refractivity contribution >= 4 is 80.2 Å². The van der Waals surface area contributed by atoms with Crippen LogP contribution in [0.25, 0.3) is 0 Å². The third-order valence-corrected chi connectivity index (χ3v) is 10.0. The summed E-state index contributed by atoms with van der Waals surface area (Å²) in [7, 11) is 1.38. The third kappa shape index (κ3) is 7.48. The predicted octanol–water partition coefficient (Wildman–Crippen LogP) is 1.28. The molecule has 13 nitrogen and oxygen atoms in total. The highest BCUT2D eigenvalue weighted by Crippen LogP contribution is 2.21. The zero-order chi connectivity index (χ0) is 33.7. The van der Waals surface area contributed by atoms with Crippen molar-refractivity contribution in [1.29, 1.82) is 0 Å². The molecule has 244 valence electrons. The molecular weight excluding hydrogens is 685 g/mol. The van der Waals surface area contributed by atoms with E-state index in [1.807, 2.05) is 6.07 Å². The van der Waals surface area contributed by atoms with Gasteiger partial charge in [-0.2, -0.15) is 0 Å². The normalized spacial score (nSPS) is 14.3. The fraction of sp³-hybridized carbons (Fsp3) is 0.267. The van der Waals surface area contributed by atoms with Crippen molar-refractivity contribution in [1.82, 2.24) is 29.7 Å². The van der Waals surface area contributed by atoms with Gasteiger partial charge in [0.2, 0.25) is 0 Å². The second-order valence-electron chi connectivity index (χ2n) is 10.1. The van der Waals surface area contributed by atoms with Crippen molar-refractivity contribution in [2.75, 3.05) is 37.7 Å². The Morgan fingerprint density at radius 1 is 0.745 bits per heavy atom. The summed E-state index contributed by atoms with van der Waals surface area (Å²) >= 11 is 13.1. The Morgan fingerprint density at radius 3 is 1.79 bits per heavy atom. The second-order valence-corrected chi connectivity index (χ2v) is 13.6. The maximum Gasteiger partial charge on any atom is 0.296 e. The summed E-state index contributed by atoms with van der Waals surface area (Å²) in [6.45, 7) is 0.632. The molecule has 4 heterocycles.